The Morgan fingerprint density at radius 2 is 1.56 bits per heavy atom. The van der Waals surface area contributed by atoms with E-state index < -0.39 is 0 Å². The molecule has 0 amide bonds. The highest BCUT2D eigenvalue weighted by Crippen LogP contribution is 2.34. The molecule has 16 heavy (non-hydrogen) atoms. The van der Waals surface area contributed by atoms with Gasteiger partial charge in [-0.3, -0.25) is 0 Å². The third-order valence-corrected chi connectivity index (χ3v) is 3.82. The Labute approximate surface area is 106 Å². The van der Waals surface area contributed by atoms with Crippen molar-refractivity contribution in [2.45, 2.75) is 17.1 Å². The van der Waals surface area contributed by atoms with Crippen LogP contribution in [0.1, 0.15) is 17.7 Å². The predicted octanol–water partition coefficient (Wildman–Crippen LogP) is 5.19. The standard InChI is InChI=1S/C14H13ClS/c1-11(12-5-3-2-4-6-12)16-14-9-7-13(15)8-10-14/h2-11H,1H3/t11-/m0/s1. The molecule has 0 nitrogen and oxygen atoms in total. The minimum Gasteiger partial charge on any atom is -0.118 e. The van der Waals surface area contributed by atoms with Crippen LogP contribution in [0.5, 0.6) is 0 Å². The van der Waals surface area contributed by atoms with Crippen molar-refractivity contribution in [1.29, 1.82) is 0 Å². The first kappa shape index (κ1) is 11.6. The first-order valence-electron chi connectivity index (χ1n) is 5.23. The van der Waals surface area contributed by atoms with Crippen LogP contribution in [0.4, 0.5) is 0 Å². The van der Waals surface area contributed by atoms with Crippen LogP contribution in [0.15, 0.2) is 59.5 Å². The van der Waals surface area contributed by atoms with Gasteiger partial charge in [-0.25, -0.2) is 0 Å². The van der Waals surface area contributed by atoms with Crippen molar-refractivity contribution in [2.24, 2.45) is 0 Å². The first-order valence-corrected chi connectivity index (χ1v) is 6.48. The second kappa shape index (κ2) is 5.42. The van der Waals surface area contributed by atoms with E-state index in [0.29, 0.717) is 5.25 Å². The lowest BCUT2D eigenvalue weighted by atomic mass is 10.2. The van der Waals surface area contributed by atoms with Gasteiger partial charge in [0.05, 0.1) is 0 Å². The summed E-state index contributed by atoms with van der Waals surface area (Å²) in [6.45, 7) is 2.22. The Morgan fingerprint density at radius 3 is 2.19 bits per heavy atom. The van der Waals surface area contributed by atoms with E-state index in [9.17, 15) is 0 Å². The van der Waals surface area contributed by atoms with Crippen molar-refractivity contribution in [3.63, 3.8) is 0 Å². The van der Waals surface area contributed by atoms with Crippen molar-refractivity contribution < 1.29 is 0 Å². The number of hydrogen-bond donors (Lipinski definition) is 0. The van der Waals surface area contributed by atoms with Gasteiger partial charge in [0.25, 0.3) is 0 Å². The maximum Gasteiger partial charge on any atom is 0.0406 e. The zero-order valence-electron chi connectivity index (χ0n) is 9.06. The fraction of sp³-hybridized carbons (Fsp3) is 0.143. The summed E-state index contributed by atoms with van der Waals surface area (Å²) < 4.78 is 0. The van der Waals surface area contributed by atoms with Crippen molar-refractivity contribution in [3.05, 3.63) is 65.2 Å². The molecule has 2 rings (SSSR count). The fourth-order valence-electron chi connectivity index (χ4n) is 1.51. The van der Waals surface area contributed by atoms with Crippen molar-refractivity contribution in [1.82, 2.24) is 0 Å². The Kier molecular flexibility index (Phi) is 3.92. The molecular weight excluding hydrogens is 236 g/mol. The molecule has 2 aromatic carbocycles. The summed E-state index contributed by atoms with van der Waals surface area (Å²) >= 11 is 7.70. The van der Waals surface area contributed by atoms with Crippen molar-refractivity contribution in [3.8, 4) is 0 Å². The molecule has 0 heterocycles. The third kappa shape index (κ3) is 3.03. The van der Waals surface area contributed by atoms with Gasteiger partial charge >= 0.3 is 0 Å². The van der Waals surface area contributed by atoms with Gasteiger partial charge in [-0.05, 0) is 36.8 Å². The molecule has 2 aromatic rings. The number of hydrogen-bond acceptors (Lipinski definition) is 1. The molecule has 0 N–H and O–H groups in total. The molecule has 0 saturated carbocycles. The summed E-state index contributed by atoms with van der Waals surface area (Å²) in [6.07, 6.45) is 0. The predicted molar refractivity (Wildman–Crippen MR) is 72.2 cm³/mol. The Morgan fingerprint density at radius 1 is 0.938 bits per heavy atom. The molecule has 0 radical (unpaired) electrons. The molecule has 0 aromatic heterocycles. The maximum absolute atomic E-state index is 5.86. The average Bonchev–Trinajstić information content (AvgIpc) is 2.33. The van der Waals surface area contributed by atoms with Gasteiger partial charge < -0.3 is 0 Å². The molecule has 0 aliphatic rings. The molecular formula is C14H13ClS. The molecule has 82 valence electrons. The SMILES string of the molecule is C[C@H](Sc1ccc(Cl)cc1)c1ccccc1. The van der Waals surface area contributed by atoms with Gasteiger partial charge in [-0.15, -0.1) is 11.8 Å². The van der Waals surface area contributed by atoms with Gasteiger partial charge in [0.1, 0.15) is 0 Å². The minimum absolute atomic E-state index is 0.461. The summed E-state index contributed by atoms with van der Waals surface area (Å²) in [6, 6.07) is 18.5. The lowest BCUT2D eigenvalue weighted by molar-refractivity contribution is 1.10. The second-order valence-electron chi connectivity index (χ2n) is 3.62. The summed E-state index contributed by atoms with van der Waals surface area (Å²) in [5.74, 6) is 0. The molecule has 0 fully saturated rings. The van der Waals surface area contributed by atoms with Gasteiger partial charge in [0.2, 0.25) is 0 Å². The maximum atomic E-state index is 5.86. The zero-order valence-corrected chi connectivity index (χ0v) is 10.6. The number of thioether (sulfide) groups is 1. The molecule has 0 aliphatic carbocycles. The molecule has 0 bridgehead atoms. The third-order valence-electron chi connectivity index (χ3n) is 2.40. The highest BCUT2D eigenvalue weighted by atomic mass is 35.5. The second-order valence-corrected chi connectivity index (χ2v) is 5.48. The normalized spacial score (nSPS) is 12.4. The quantitative estimate of drug-likeness (QED) is 0.674. The smallest absolute Gasteiger partial charge is 0.0406 e. The molecule has 2 heteroatoms. The summed E-state index contributed by atoms with van der Waals surface area (Å²) in [4.78, 5) is 1.25. The Hall–Kier alpha value is -0.920. The largest absolute Gasteiger partial charge is 0.118 e. The Bertz CT molecular complexity index is 436. The van der Waals surface area contributed by atoms with E-state index in [0.717, 1.165) is 5.02 Å². The van der Waals surface area contributed by atoms with E-state index in [-0.39, 0.29) is 0 Å². The number of rotatable bonds is 3. The molecule has 0 unspecified atom stereocenters. The number of benzene rings is 2. The van der Waals surface area contributed by atoms with Crippen LogP contribution in [-0.2, 0) is 0 Å². The van der Waals surface area contributed by atoms with E-state index in [2.05, 4.69) is 43.3 Å². The van der Waals surface area contributed by atoms with E-state index in [1.807, 2.05) is 30.0 Å². The highest BCUT2D eigenvalue weighted by Gasteiger charge is 2.06. The molecule has 0 aliphatic heterocycles. The topological polar surface area (TPSA) is 0 Å². The summed E-state index contributed by atoms with van der Waals surface area (Å²) in [7, 11) is 0. The van der Waals surface area contributed by atoms with Gasteiger partial charge in [0, 0.05) is 15.2 Å². The minimum atomic E-state index is 0.461. The van der Waals surface area contributed by atoms with E-state index >= 15 is 0 Å². The molecule has 0 saturated heterocycles. The first-order chi connectivity index (χ1) is 7.75. The fourth-order valence-corrected chi connectivity index (χ4v) is 2.63. The van der Waals surface area contributed by atoms with Crippen LogP contribution >= 0.6 is 23.4 Å². The Balaban J connectivity index is 2.08. The lowest BCUT2D eigenvalue weighted by Crippen LogP contribution is -1.86. The number of halogens is 1. The van der Waals surface area contributed by atoms with Crippen LogP contribution in [0.2, 0.25) is 5.02 Å². The summed E-state index contributed by atoms with van der Waals surface area (Å²) in [5.41, 5.74) is 1.35. The van der Waals surface area contributed by atoms with Crippen molar-refractivity contribution in [2.75, 3.05) is 0 Å². The van der Waals surface area contributed by atoms with E-state index in [4.69, 9.17) is 11.6 Å². The van der Waals surface area contributed by atoms with Crippen LogP contribution in [0, 0.1) is 0 Å². The van der Waals surface area contributed by atoms with Crippen LogP contribution < -0.4 is 0 Å². The summed E-state index contributed by atoms with van der Waals surface area (Å²) in [5, 5.41) is 1.25. The van der Waals surface area contributed by atoms with Crippen LogP contribution in [-0.4, -0.2) is 0 Å². The van der Waals surface area contributed by atoms with E-state index in [1.54, 1.807) is 0 Å². The average molecular weight is 249 g/mol. The van der Waals surface area contributed by atoms with Gasteiger partial charge in [-0.2, -0.15) is 0 Å². The zero-order chi connectivity index (χ0) is 11.4. The van der Waals surface area contributed by atoms with Crippen molar-refractivity contribution >= 4 is 23.4 Å². The van der Waals surface area contributed by atoms with Crippen LogP contribution in [0.3, 0.4) is 0 Å². The lowest BCUT2D eigenvalue weighted by Gasteiger charge is -2.11. The molecule has 1 atom stereocenters. The van der Waals surface area contributed by atoms with E-state index in [1.165, 1.54) is 10.5 Å². The monoisotopic (exact) mass is 248 g/mol. The van der Waals surface area contributed by atoms with Gasteiger partial charge in [0.15, 0.2) is 0 Å². The molecule has 0 spiro atoms. The highest BCUT2D eigenvalue weighted by molar-refractivity contribution is 7.99. The van der Waals surface area contributed by atoms with Crippen LogP contribution in [0.25, 0.3) is 0 Å². The van der Waals surface area contributed by atoms with Gasteiger partial charge in [-0.1, -0.05) is 41.9 Å².